The Balaban J connectivity index is 1.77. The topological polar surface area (TPSA) is 73.5 Å². The van der Waals surface area contributed by atoms with Gasteiger partial charge in [-0.1, -0.05) is 17.4 Å². The summed E-state index contributed by atoms with van der Waals surface area (Å²) in [6.45, 7) is 3.89. The van der Waals surface area contributed by atoms with Gasteiger partial charge in [0, 0.05) is 6.20 Å². The highest BCUT2D eigenvalue weighted by Crippen LogP contribution is 2.31. The number of imidazole rings is 1. The van der Waals surface area contributed by atoms with E-state index in [0.29, 0.717) is 5.82 Å². The molecule has 0 radical (unpaired) electrons. The van der Waals surface area contributed by atoms with Crippen molar-refractivity contribution in [2.75, 3.05) is 0 Å². The van der Waals surface area contributed by atoms with Gasteiger partial charge < -0.3 is 4.42 Å². The first-order valence-electron chi connectivity index (χ1n) is 7.43. The third-order valence-electron chi connectivity index (χ3n) is 4.00. The lowest BCUT2D eigenvalue weighted by Crippen LogP contribution is -1.96. The van der Waals surface area contributed by atoms with Crippen molar-refractivity contribution in [3.05, 3.63) is 48.2 Å². The lowest BCUT2D eigenvalue weighted by Gasteiger charge is -1.99. The average molecular weight is 336 g/mol. The van der Waals surface area contributed by atoms with Crippen LogP contribution >= 0.6 is 11.3 Å². The van der Waals surface area contributed by atoms with Crippen LogP contribution in [0.2, 0.25) is 0 Å². The lowest BCUT2D eigenvalue weighted by molar-refractivity contribution is 0.535. The fourth-order valence-corrected chi connectivity index (χ4v) is 3.78. The summed E-state index contributed by atoms with van der Waals surface area (Å²) in [7, 11) is 0. The van der Waals surface area contributed by atoms with Gasteiger partial charge in [-0.15, -0.1) is 10.2 Å². The molecule has 0 saturated carbocycles. The van der Waals surface area contributed by atoms with Crippen molar-refractivity contribution in [2.45, 2.75) is 13.8 Å². The van der Waals surface area contributed by atoms with Gasteiger partial charge in [-0.05, 0) is 32.0 Å². The normalized spacial score (nSPS) is 11.8. The number of hydrogen-bond donors (Lipinski definition) is 0. The maximum Gasteiger partial charge on any atom is 0.235 e. The minimum Gasteiger partial charge on any atom is -0.469 e. The fourth-order valence-electron chi connectivity index (χ4n) is 2.86. The van der Waals surface area contributed by atoms with E-state index >= 15 is 0 Å². The average Bonchev–Trinajstić information content (AvgIpc) is 3.29. The van der Waals surface area contributed by atoms with Crippen LogP contribution in [0.3, 0.4) is 0 Å². The van der Waals surface area contributed by atoms with Crippen LogP contribution in [0.4, 0.5) is 0 Å². The first-order valence-corrected chi connectivity index (χ1v) is 8.25. The van der Waals surface area contributed by atoms with E-state index in [-0.39, 0.29) is 0 Å². The second-order valence-electron chi connectivity index (χ2n) is 5.49. The maximum atomic E-state index is 5.38. The minimum atomic E-state index is 0.685. The number of hydrogen-bond acceptors (Lipinski definition) is 6. The van der Waals surface area contributed by atoms with E-state index in [2.05, 4.69) is 20.3 Å². The van der Waals surface area contributed by atoms with Crippen molar-refractivity contribution in [3.63, 3.8) is 0 Å². The predicted octanol–water partition coefficient (Wildman–Crippen LogP) is 3.38. The number of aromatic nitrogens is 6. The molecular formula is C16H12N6OS. The van der Waals surface area contributed by atoms with Gasteiger partial charge in [0.2, 0.25) is 10.8 Å². The first kappa shape index (κ1) is 13.4. The molecule has 118 valence electrons. The Morgan fingerprint density at radius 3 is 2.88 bits per heavy atom. The van der Waals surface area contributed by atoms with Crippen LogP contribution in [0.15, 0.2) is 41.1 Å². The molecule has 0 bridgehead atoms. The second kappa shape index (κ2) is 4.75. The molecule has 0 aliphatic rings. The van der Waals surface area contributed by atoms with Gasteiger partial charge in [-0.3, -0.25) is 4.40 Å². The molecule has 0 N–H and O–H groups in total. The molecule has 8 heteroatoms. The van der Waals surface area contributed by atoms with Crippen LogP contribution in [0.1, 0.15) is 11.5 Å². The molecule has 5 heterocycles. The van der Waals surface area contributed by atoms with E-state index in [4.69, 9.17) is 4.42 Å². The SMILES string of the molecule is Cc1nc2ccccn2c1-c1nnc2sc(-c3ccoc3C)nn12. The third-order valence-corrected chi connectivity index (χ3v) is 4.93. The smallest absolute Gasteiger partial charge is 0.235 e. The van der Waals surface area contributed by atoms with Crippen molar-refractivity contribution in [1.29, 1.82) is 0 Å². The molecule has 0 aromatic carbocycles. The molecule has 0 saturated heterocycles. The van der Waals surface area contributed by atoms with Gasteiger partial charge in [-0.2, -0.15) is 9.61 Å². The Kier molecular flexibility index (Phi) is 2.66. The zero-order valence-electron chi connectivity index (χ0n) is 13.0. The highest BCUT2D eigenvalue weighted by atomic mass is 32.1. The lowest BCUT2D eigenvalue weighted by atomic mass is 10.3. The summed E-state index contributed by atoms with van der Waals surface area (Å²) in [6, 6.07) is 7.82. The van der Waals surface area contributed by atoms with Crippen molar-refractivity contribution in [2.24, 2.45) is 0 Å². The molecule has 5 aromatic heterocycles. The quantitative estimate of drug-likeness (QED) is 0.494. The Bertz CT molecular complexity index is 1190. The molecule has 0 aliphatic carbocycles. The molecule has 24 heavy (non-hydrogen) atoms. The number of furan rings is 1. The van der Waals surface area contributed by atoms with Gasteiger partial charge in [0.25, 0.3) is 0 Å². The Morgan fingerprint density at radius 2 is 2.04 bits per heavy atom. The van der Waals surface area contributed by atoms with Gasteiger partial charge in [0.15, 0.2) is 5.01 Å². The molecule has 0 amide bonds. The zero-order chi connectivity index (χ0) is 16.3. The number of rotatable bonds is 2. The summed E-state index contributed by atoms with van der Waals surface area (Å²) in [6.07, 6.45) is 3.64. The van der Waals surface area contributed by atoms with Crippen LogP contribution in [0.25, 0.3) is 32.7 Å². The van der Waals surface area contributed by atoms with E-state index < -0.39 is 0 Å². The summed E-state index contributed by atoms with van der Waals surface area (Å²) >= 11 is 1.49. The van der Waals surface area contributed by atoms with E-state index in [1.165, 1.54) is 11.3 Å². The molecule has 7 nitrogen and oxygen atoms in total. The fraction of sp³-hybridized carbons (Fsp3) is 0.125. The van der Waals surface area contributed by atoms with Gasteiger partial charge >= 0.3 is 0 Å². The third kappa shape index (κ3) is 1.77. The molecule has 5 aromatic rings. The van der Waals surface area contributed by atoms with Crippen molar-refractivity contribution in [3.8, 4) is 22.1 Å². The summed E-state index contributed by atoms with van der Waals surface area (Å²) in [5.41, 5.74) is 3.65. The Morgan fingerprint density at radius 1 is 1.12 bits per heavy atom. The highest BCUT2D eigenvalue weighted by molar-refractivity contribution is 7.19. The van der Waals surface area contributed by atoms with E-state index in [0.717, 1.165) is 38.3 Å². The molecule has 5 rings (SSSR count). The number of fused-ring (bicyclic) bond motifs is 2. The van der Waals surface area contributed by atoms with E-state index in [9.17, 15) is 0 Å². The molecule has 0 fully saturated rings. The van der Waals surface area contributed by atoms with E-state index in [1.807, 2.05) is 48.7 Å². The van der Waals surface area contributed by atoms with Crippen LogP contribution in [0.5, 0.6) is 0 Å². The first-order chi connectivity index (χ1) is 11.7. The predicted molar refractivity (Wildman–Crippen MR) is 90.0 cm³/mol. The van der Waals surface area contributed by atoms with Crippen molar-refractivity contribution >= 4 is 21.9 Å². The van der Waals surface area contributed by atoms with Crippen LogP contribution in [0, 0.1) is 13.8 Å². The molecule has 0 unspecified atom stereocenters. The van der Waals surface area contributed by atoms with Crippen molar-refractivity contribution < 1.29 is 4.42 Å². The number of nitrogens with zero attached hydrogens (tertiary/aromatic N) is 6. The summed E-state index contributed by atoms with van der Waals surface area (Å²) in [5, 5.41) is 14.2. The maximum absolute atomic E-state index is 5.38. The summed E-state index contributed by atoms with van der Waals surface area (Å²) in [4.78, 5) is 5.33. The van der Waals surface area contributed by atoms with Crippen LogP contribution in [-0.2, 0) is 0 Å². The van der Waals surface area contributed by atoms with E-state index in [1.54, 1.807) is 10.8 Å². The van der Waals surface area contributed by atoms with Gasteiger partial charge in [0.1, 0.15) is 17.1 Å². The highest BCUT2D eigenvalue weighted by Gasteiger charge is 2.20. The van der Waals surface area contributed by atoms with Crippen LogP contribution in [-0.4, -0.2) is 29.2 Å². The molecule has 0 atom stereocenters. The standard InChI is InChI=1S/C16H12N6OS/c1-9-13(21-7-4-3-5-12(21)17-9)14-18-19-16-22(14)20-15(24-16)11-6-8-23-10(11)2/h3-8H,1-2H3. The van der Waals surface area contributed by atoms with Gasteiger partial charge in [0.05, 0.1) is 17.5 Å². The number of aryl methyl sites for hydroxylation is 2. The zero-order valence-corrected chi connectivity index (χ0v) is 13.8. The van der Waals surface area contributed by atoms with Gasteiger partial charge in [-0.25, -0.2) is 4.98 Å². The van der Waals surface area contributed by atoms with Crippen LogP contribution < -0.4 is 0 Å². The molecule has 0 spiro atoms. The number of pyridine rings is 1. The summed E-state index contributed by atoms with van der Waals surface area (Å²) in [5.74, 6) is 1.53. The van der Waals surface area contributed by atoms with Crippen molar-refractivity contribution in [1.82, 2.24) is 29.2 Å². The Labute approximate surface area is 140 Å². The summed E-state index contributed by atoms with van der Waals surface area (Å²) < 4.78 is 9.16. The second-order valence-corrected chi connectivity index (χ2v) is 6.45. The Hall–Kier alpha value is -3.00. The largest absolute Gasteiger partial charge is 0.469 e. The minimum absolute atomic E-state index is 0.685. The monoisotopic (exact) mass is 336 g/mol. The molecule has 0 aliphatic heterocycles. The molecular weight excluding hydrogens is 324 g/mol.